The first-order chi connectivity index (χ1) is 15.1. The largest absolute Gasteiger partial charge is 0.481 e. The van der Waals surface area contributed by atoms with Gasteiger partial charge in [0.05, 0.1) is 19.3 Å². The third-order valence-electron chi connectivity index (χ3n) is 4.92. The summed E-state index contributed by atoms with van der Waals surface area (Å²) in [7, 11) is 1.53. The third kappa shape index (κ3) is 4.95. The fourth-order valence-electron chi connectivity index (χ4n) is 3.26. The molecule has 0 fully saturated rings. The summed E-state index contributed by atoms with van der Waals surface area (Å²) in [6.45, 7) is 0.962. The van der Waals surface area contributed by atoms with E-state index in [1.807, 2.05) is 30.3 Å². The number of nitrogens with zero attached hydrogens (tertiary/aromatic N) is 4. The molecule has 3 aromatic rings. The number of aromatic nitrogens is 3. The lowest BCUT2D eigenvalue weighted by molar-refractivity contribution is -0.146. The summed E-state index contributed by atoms with van der Waals surface area (Å²) in [4.78, 5) is 39.4. The van der Waals surface area contributed by atoms with Crippen LogP contribution in [0.3, 0.4) is 0 Å². The average molecular weight is 418 g/mol. The van der Waals surface area contributed by atoms with E-state index in [1.54, 1.807) is 24.5 Å². The van der Waals surface area contributed by atoms with Crippen molar-refractivity contribution in [2.75, 3.05) is 19.0 Å². The van der Waals surface area contributed by atoms with Crippen molar-refractivity contribution >= 4 is 23.5 Å². The van der Waals surface area contributed by atoms with E-state index in [4.69, 9.17) is 4.74 Å². The number of hydrogen-bond donors (Lipinski definition) is 2. The minimum absolute atomic E-state index is 0.211. The predicted molar refractivity (Wildman–Crippen MR) is 114 cm³/mol. The molecule has 0 unspecified atom stereocenters. The van der Waals surface area contributed by atoms with Gasteiger partial charge in [0.2, 0.25) is 5.88 Å². The Labute approximate surface area is 179 Å². The summed E-state index contributed by atoms with van der Waals surface area (Å²) in [6, 6.07) is 12.9. The highest BCUT2D eigenvalue weighted by Gasteiger charge is 2.26. The second kappa shape index (κ2) is 9.21. The molecule has 0 bridgehead atoms. The number of carbonyl (C=O) groups excluding carboxylic acids is 2. The lowest BCUT2D eigenvalue weighted by Gasteiger charge is -2.28. The van der Waals surface area contributed by atoms with E-state index in [9.17, 15) is 9.59 Å². The Kier molecular flexibility index (Phi) is 6.02. The van der Waals surface area contributed by atoms with Crippen LogP contribution in [0.1, 0.15) is 16.8 Å². The molecule has 9 heteroatoms. The molecule has 2 amide bonds. The minimum atomic E-state index is -0.651. The SMILES string of the molecule is COc1ccc(CNC(=O)C(=O)N2CCc3ccc(Nc4ccccn4)nc3C2)cn1. The summed E-state index contributed by atoms with van der Waals surface area (Å²) in [5.74, 6) is 0.593. The number of fused-ring (bicyclic) bond motifs is 1. The standard InChI is InChI=1S/C22H22N6O3/c1-31-20-8-5-15(12-24-20)13-25-21(29)22(30)28-11-9-16-6-7-19(26-17(16)14-28)27-18-4-2-3-10-23-18/h2-8,10,12H,9,11,13-14H2,1H3,(H,25,29)(H,23,26,27). The molecule has 3 aromatic heterocycles. The molecule has 0 saturated heterocycles. The number of pyridine rings is 3. The molecular formula is C22H22N6O3. The van der Waals surface area contributed by atoms with Crippen molar-refractivity contribution in [3.63, 3.8) is 0 Å². The summed E-state index contributed by atoms with van der Waals surface area (Å²) in [5.41, 5.74) is 2.62. The zero-order valence-electron chi connectivity index (χ0n) is 17.0. The second-order valence-electron chi connectivity index (χ2n) is 7.01. The van der Waals surface area contributed by atoms with Crippen LogP contribution in [-0.4, -0.2) is 45.3 Å². The van der Waals surface area contributed by atoms with Gasteiger partial charge in [0.15, 0.2) is 0 Å². The topological polar surface area (TPSA) is 109 Å². The van der Waals surface area contributed by atoms with Crippen molar-refractivity contribution in [3.8, 4) is 5.88 Å². The number of rotatable bonds is 5. The van der Waals surface area contributed by atoms with Gasteiger partial charge in [0.25, 0.3) is 0 Å². The van der Waals surface area contributed by atoms with Crippen LogP contribution in [0.15, 0.2) is 54.9 Å². The van der Waals surface area contributed by atoms with Crippen LogP contribution in [0, 0.1) is 0 Å². The van der Waals surface area contributed by atoms with Gasteiger partial charge in [-0.2, -0.15) is 0 Å². The molecule has 1 aliphatic heterocycles. The lowest BCUT2D eigenvalue weighted by Crippen LogP contribution is -2.45. The van der Waals surface area contributed by atoms with E-state index in [2.05, 4.69) is 25.6 Å². The minimum Gasteiger partial charge on any atom is -0.481 e. The Morgan fingerprint density at radius 1 is 1.10 bits per heavy atom. The molecule has 2 N–H and O–H groups in total. The van der Waals surface area contributed by atoms with Gasteiger partial charge in [-0.05, 0) is 35.7 Å². The molecule has 0 atom stereocenters. The van der Waals surface area contributed by atoms with Gasteiger partial charge in [0.1, 0.15) is 11.6 Å². The Bertz CT molecular complexity index is 1070. The first-order valence-electron chi connectivity index (χ1n) is 9.85. The van der Waals surface area contributed by atoms with Crippen LogP contribution in [0.25, 0.3) is 0 Å². The lowest BCUT2D eigenvalue weighted by atomic mass is 10.0. The molecule has 1 aliphatic rings. The van der Waals surface area contributed by atoms with Crippen molar-refractivity contribution in [1.29, 1.82) is 0 Å². The van der Waals surface area contributed by atoms with Crippen LogP contribution < -0.4 is 15.4 Å². The molecule has 0 spiro atoms. The van der Waals surface area contributed by atoms with Gasteiger partial charge in [-0.15, -0.1) is 0 Å². The predicted octanol–water partition coefficient (Wildman–Crippen LogP) is 1.82. The zero-order valence-corrected chi connectivity index (χ0v) is 17.0. The Morgan fingerprint density at radius 2 is 2.00 bits per heavy atom. The summed E-state index contributed by atoms with van der Waals surface area (Å²) in [5, 5.41) is 5.80. The maximum atomic E-state index is 12.6. The molecular weight excluding hydrogens is 396 g/mol. The number of methoxy groups -OCH3 is 1. The van der Waals surface area contributed by atoms with E-state index < -0.39 is 11.8 Å². The molecule has 4 rings (SSSR count). The molecule has 0 radical (unpaired) electrons. The molecule has 158 valence electrons. The van der Waals surface area contributed by atoms with Gasteiger partial charge < -0.3 is 20.3 Å². The Balaban J connectivity index is 1.37. The molecule has 0 saturated carbocycles. The van der Waals surface area contributed by atoms with Crippen LogP contribution in [-0.2, 0) is 29.1 Å². The maximum Gasteiger partial charge on any atom is 0.312 e. The summed E-state index contributed by atoms with van der Waals surface area (Å²) in [6.07, 6.45) is 3.94. The van der Waals surface area contributed by atoms with Crippen molar-refractivity contribution in [1.82, 2.24) is 25.2 Å². The van der Waals surface area contributed by atoms with Crippen molar-refractivity contribution in [3.05, 3.63) is 71.7 Å². The van der Waals surface area contributed by atoms with Crippen LogP contribution >= 0.6 is 0 Å². The number of ether oxygens (including phenoxy) is 1. The number of hydrogen-bond acceptors (Lipinski definition) is 7. The van der Waals surface area contributed by atoms with Gasteiger partial charge in [-0.25, -0.2) is 15.0 Å². The van der Waals surface area contributed by atoms with Crippen LogP contribution in [0.2, 0.25) is 0 Å². The first kappa shape index (κ1) is 20.3. The highest BCUT2D eigenvalue weighted by atomic mass is 16.5. The smallest absolute Gasteiger partial charge is 0.312 e. The highest BCUT2D eigenvalue weighted by molar-refractivity contribution is 6.34. The molecule has 4 heterocycles. The van der Waals surface area contributed by atoms with Gasteiger partial charge in [-0.3, -0.25) is 9.59 Å². The molecule has 9 nitrogen and oxygen atoms in total. The number of anilines is 2. The summed E-state index contributed by atoms with van der Waals surface area (Å²) < 4.78 is 5.01. The fourth-order valence-corrected chi connectivity index (χ4v) is 3.26. The first-order valence-corrected chi connectivity index (χ1v) is 9.85. The average Bonchev–Trinajstić information content (AvgIpc) is 2.82. The summed E-state index contributed by atoms with van der Waals surface area (Å²) >= 11 is 0. The zero-order chi connectivity index (χ0) is 21.6. The monoisotopic (exact) mass is 418 g/mol. The maximum absolute atomic E-state index is 12.6. The van der Waals surface area contributed by atoms with Crippen LogP contribution in [0.4, 0.5) is 11.6 Å². The quantitative estimate of drug-likeness (QED) is 0.608. The Hall–Kier alpha value is -4.01. The Morgan fingerprint density at radius 3 is 2.74 bits per heavy atom. The van der Waals surface area contributed by atoms with Gasteiger partial charge in [0, 0.05) is 31.5 Å². The van der Waals surface area contributed by atoms with Crippen LogP contribution in [0.5, 0.6) is 5.88 Å². The molecule has 0 aromatic carbocycles. The second-order valence-corrected chi connectivity index (χ2v) is 7.01. The van der Waals surface area contributed by atoms with Crippen molar-refractivity contribution in [2.45, 2.75) is 19.5 Å². The number of nitrogens with one attached hydrogen (secondary N) is 2. The van der Waals surface area contributed by atoms with E-state index >= 15 is 0 Å². The van der Waals surface area contributed by atoms with Crippen molar-refractivity contribution < 1.29 is 14.3 Å². The highest BCUT2D eigenvalue weighted by Crippen LogP contribution is 2.21. The number of carbonyl (C=O) groups is 2. The van der Waals surface area contributed by atoms with Gasteiger partial charge in [-0.1, -0.05) is 18.2 Å². The van der Waals surface area contributed by atoms with Crippen molar-refractivity contribution in [2.24, 2.45) is 0 Å². The van der Waals surface area contributed by atoms with E-state index in [1.165, 1.54) is 12.0 Å². The van der Waals surface area contributed by atoms with E-state index in [-0.39, 0.29) is 13.1 Å². The third-order valence-corrected chi connectivity index (χ3v) is 4.92. The fraction of sp³-hybridized carbons (Fsp3) is 0.227. The van der Waals surface area contributed by atoms with E-state index in [0.29, 0.717) is 30.5 Å². The molecule has 31 heavy (non-hydrogen) atoms. The number of amides is 2. The normalized spacial score (nSPS) is 12.6. The van der Waals surface area contributed by atoms with E-state index in [0.717, 1.165) is 16.8 Å². The molecule has 0 aliphatic carbocycles. The van der Waals surface area contributed by atoms with Gasteiger partial charge >= 0.3 is 11.8 Å².